The number of hydrogen-bond donors (Lipinski definition) is 1. The highest BCUT2D eigenvalue weighted by Gasteiger charge is 2.18. The highest BCUT2D eigenvalue weighted by Crippen LogP contribution is 2.24. The van der Waals surface area contributed by atoms with Gasteiger partial charge in [0.1, 0.15) is 12.1 Å². The van der Waals surface area contributed by atoms with Crippen molar-refractivity contribution in [2.75, 3.05) is 14.2 Å². The monoisotopic (exact) mass is 315 g/mol. The minimum absolute atomic E-state index is 0.216. The van der Waals surface area contributed by atoms with E-state index in [0.29, 0.717) is 5.56 Å². The topological polar surface area (TPSA) is 63.6 Å². The Hall–Kier alpha value is -2.34. The molecule has 2 aromatic rings. The summed E-state index contributed by atoms with van der Waals surface area (Å²) in [5.41, 5.74) is 2.06. The molecule has 1 aromatic carbocycles. The van der Waals surface area contributed by atoms with Gasteiger partial charge in [0.2, 0.25) is 0 Å². The standard InChI is InChI=1S/C16H17N3O2S/c1-17-15(20)14(19-21-2)13-9-6-10-18-16(13)22-11-12-7-4-3-5-8-12/h3-10H,11H2,1-2H3,(H,17,20)/b19-14-. The number of likely N-dealkylation sites (N-methyl/N-ethyl adjacent to an activating group) is 1. The van der Waals surface area contributed by atoms with E-state index in [1.807, 2.05) is 24.3 Å². The Morgan fingerprint density at radius 2 is 2.05 bits per heavy atom. The fourth-order valence-corrected chi connectivity index (χ4v) is 2.79. The second kappa shape index (κ2) is 8.19. The van der Waals surface area contributed by atoms with E-state index >= 15 is 0 Å². The number of hydrogen-bond acceptors (Lipinski definition) is 5. The van der Waals surface area contributed by atoms with Gasteiger partial charge >= 0.3 is 0 Å². The molecule has 0 saturated heterocycles. The zero-order valence-corrected chi connectivity index (χ0v) is 13.3. The summed E-state index contributed by atoms with van der Waals surface area (Å²) in [6.07, 6.45) is 1.70. The Kier molecular flexibility index (Phi) is 5.97. The van der Waals surface area contributed by atoms with Gasteiger partial charge in [0.15, 0.2) is 5.71 Å². The van der Waals surface area contributed by atoms with Gasteiger partial charge in [0.05, 0.1) is 0 Å². The Labute approximate surface area is 133 Å². The summed E-state index contributed by atoms with van der Waals surface area (Å²) >= 11 is 1.55. The van der Waals surface area contributed by atoms with E-state index in [1.54, 1.807) is 31.1 Å². The van der Waals surface area contributed by atoms with Crippen molar-refractivity contribution in [1.82, 2.24) is 10.3 Å². The van der Waals surface area contributed by atoms with Gasteiger partial charge in [-0.25, -0.2) is 4.98 Å². The second-order valence-electron chi connectivity index (χ2n) is 4.33. The van der Waals surface area contributed by atoms with Crippen molar-refractivity contribution in [2.24, 2.45) is 5.16 Å². The Morgan fingerprint density at radius 3 is 2.73 bits per heavy atom. The lowest BCUT2D eigenvalue weighted by atomic mass is 10.1. The van der Waals surface area contributed by atoms with E-state index in [2.05, 4.69) is 27.6 Å². The third-order valence-electron chi connectivity index (χ3n) is 2.87. The summed E-state index contributed by atoms with van der Waals surface area (Å²) in [6, 6.07) is 13.7. The molecule has 114 valence electrons. The number of rotatable bonds is 6. The maximum atomic E-state index is 12.0. The summed E-state index contributed by atoms with van der Waals surface area (Å²) < 4.78 is 0. The van der Waals surface area contributed by atoms with Crippen LogP contribution < -0.4 is 5.32 Å². The molecule has 0 saturated carbocycles. The molecule has 1 N–H and O–H groups in total. The Bertz CT molecular complexity index is 659. The SMILES string of the molecule is CNC(=O)/C(=N\OC)c1cccnc1SCc1ccccc1. The molecule has 6 heteroatoms. The first-order valence-electron chi connectivity index (χ1n) is 6.71. The zero-order chi connectivity index (χ0) is 15.8. The van der Waals surface area contributed by atoms with Crippen LogP contribution in [-0.2, 0) is 15.4 Å². The number of carbonyl (C=O) groups is 1. The lowest BCUT2D eigenvalue weighted by Gasteiger charge is -2.09. The van der Waals surface area contributed by atoms with Gasteiger partial charge in [0.25, 0.3) is 5.91 Å². The maximum absolute atomic E-state index is 12.0. The van der Waals surface area contributed by atoms with Crippen LogP contribution in [0.3, 0.4) is 0 Å². The van der Waals surface area contributed by atoms with E-state index in [9.17, 15) is 4.79 Å². The molecule has 1 amide bonds. The predicted molar refractivity (Wildman–Crippen MR) is 87.9 cm³/mol. The molecule has 22 heavy (non-hydrogen) atoms. The molecule has 0 aliphatic carbocycles. The molecule has 0 aliphatic rings. The van der Waals surface area contributed by atoms with Crippen molar-refractivity contribution in [2.45, 2.75) is 10.8 Å². The average molecular weight is 315 g/mol. The van der Waals surface area contributed by atoms with Gasteiger partial charge in [-0.3, -0.25) is 4.79 Å². The van der Waals surface area contributed by atoms with Crippen molar-refractivity contribution < 1.29 is 9.63 Å². The van der Waals surface area contributed by atoms with Gasteiger partial charge in [-0.05, 0) is 17.7 Å². The number of carbonyl (C=O) groups excluding carboxylic acids is 1. The summed E-state index contributed by atoms with van der Waals surface area (Å²) in [5.74, 6) is 0.454. The molecule has 5 nitrogen and oxygen atoms in total. The molecule has 0 unspecified atom stereocenters. The fourth-order valence-electron chi connectivity index (χ4n) is 1.83. The normalized spacial score (nSPS) is 11.1. The van der Waals surface area contributed by atoms with Gasteiger partial charge in [-0.1, -0.05) is 35.5 Å². The zero-order valence-electron chi connectivity index (χ0n) is 12.4. The number of nitrogens with one attached hydrogen (secondary N) is 1. The molecule has 1 heterocycles. The van der Waals surface area contributed by atoms with Gasteiger partial charge in [-0.2, -0.15) is 0 Å². The van der Waals surface area contributed by atoms with Crippen LogP contribution in [0, 0.1) is 0 Å². The first-order valence-corrected chi connectivity index (χ1v) is 7.70. The van der Waals surface area contributed by atoms with Gasteiger partial charge in [-0.15, -0.1) is 11.8 Å². The van der Waals surface area contributed by atoms with Crippen molar-refractivity contribution in [3.8, 4) is 0 Å². The number of amides is 1. The number of pyridine rings is 1. The molecular weight excluding hydrogens is 298 g/mol. The van der Waals surface area contributed by atoms with E-state index < -0.39 is 0 Å². The lowest BCUT2D eigenvalue weighted by Crippen LogP contribution is -2.29. The van der Waals surface area contributed by atoms with Gasteiger partial charge in [0, 0.05) is 24.6 Å². The first kappa shape index (κ1) is 16.0. The second-order valence-corrected chi connectivity index (χ2v) is 5.30. The van der Waals surface area contributed by atoms with E-state index in [-0.39, 0.29) is 11.6 Å². The van der Waals surface area contributed by atoms with E-state index in [4.69, 9.17) is 4.84 Å². The van der Waals surface area contributed by atoms with E-state index in [0.717, 1.165) is 10.8 Å². The van der Waals surface area contributed by atoms with E-state index in [1.165, 1.54) is 12.7 Å². The van der Waals surface area contributed by atoms with Crippen LogP contribution in [0.2, 0.25) is 0 Å². The third kappa shape index (κ3) is 4.08. The van der Waals surface area contributed by atoms with Crippen LogP contribution in [0.15, 0.2) is 58.8 Å². The molecule has 0 fully saturated rings. The van der Waals surface area contributed by atoms with Crippen LogP contribution in [0.5, 0.6) is 0 Å². The maximum Gasteiger partial charge on any atom is 0.273 e. The number of aromatic nitrogens is 1. The first-order chi connectivity index (χ1) is 10.8. The lowest BCUT2D eigenvalue weighted by molar-refractivity contribution is -0.114. The molecular formula is C16H17N3O2S. The minimum atomic E-state index is -0.309. The quantitative estimate of drug-likeness (QED) is 0.505. The number of thioether (sulfide) groups is 1. The summed E-state index contributed by atoms with van der Waals surface area (Å²) in [4.78, 5) is 21.1. The third-order valence-corrected chi connectivity index (χ3v) is 3.95. The highest BCUT2D eigenvalue weighted by molar-refractivity contribution is 7.98. The van der Waals surface area contributed by atoms with Crippen LogP contribution in [0.4, 0.5) is 0 Å². The molecule has 0 atom stereocenters. The number of nitrogens with zero attached hydrogens (tertiary/aromatic N) is 2. The molecule has 2 rings (SSSR count). The van der Waals surface area contributed by atoms with Crippen LogP contribution in [0.25, 0.3) is 0 Å². The highest BCUT2D eigenvalue weighted by atomic mass is 32.2. The van der Waals surface area contributed by atoms with Crippen molar-refractivity contribution >= 4 is 23.4 Å². The predicted octanol–water partition coefficient (Wildman–Crippen LogP) is 2.47. The summed E-state index contributed by atoms with van der Waals surface area (Å²) in [7, 11) is 2.97. The summed E-state index contributed by atoms with van der Waals surface area (Å²) in [5, 5.41) is 7.14. The Balaban J connectivity index is 2.26. The van der Waals surface area contributed by atoms with Gasteiger partial charge < -0.3 is 10.2 Å². The van der Waals surface area contributed by atoms with Crippen LogP contribution in [0.1, 0.15) is 11.1 Å². The van der Waals surface area contributed by atoms with Crippen molar-refractivity contribution in [3.63, 3.8) is 0 Å². The van der Waals surface area contributed by atoms with Crippen molar-refractivity contribution in [1.29, 1.82) is 0 Å². The fraction of sp³-hybridized carbons (Fsp3) is 0.188. The molecule has 0 radical (unpaired) electrons. The molecule has 0 spiro atoms. The van der Waals surface area contributed by atoms with Crippen molar-refractivity contribution in [3.05, 3.63) is 59.8 Å². The molecule has 0 bridgehead atoms. The summed E-state index contributed by atoms with van der Waals surface area (Å²) in [6.45, 7) is 0. The smallest absolute Gasteiger partial charge is 0.273 e. The van der Waals surface area contributed by atoms with Crippen LogP contribution in [-0.4, -0.2) is 30.8 Å². The average Bonchev–Trinajstić information content (AvgIpc) is 2.58. The number of benzene rings is 1. The number of oxime groups is 1. The Morgan fingerprint density at radius 1 is 1.27 bits per heavy atom. The van der Waals surface area contributed by atoms with Crippen LogP contribution >= 0.6 is 11.8 Å². The minimum Gasteiger partial charge on any atom is -0.398 e. The molecule has 1 aromatic heterocycles. The largest absolute Gasteiger partial charge is 0.398 e. The molecule has 0 aliphatic heterocycles.